The van der Waals surface area contributed by atoms with E-state index in [1.165, 1.54) is 12.1 Å². The van der Waals surface area contributed by atoms with Crippen molar-refractivity contribution < 1.29 is 9.59 Å². The van der Waals surface area contributed by atoms with Crippen molar-refractivity contribution in [1.82, 2.24) is 10.2 Å². The number of thiocarbonyl (C=S) groups is 1. The van der Waals surface area contributed by atoms with Gasteiger partial charge < -0.3 is 10.2 Å². The van der Waals surface area contributed by atoms with Crippen LogP contribution in [0.2, 0.25) is 10.0 Å². The van der Waals surface area contributed by atoms with E-state index in [0.29, 0.717) is 17.1 Å². The fraction of sp³-hybridized carbons (Fsp3) is 0.167. The van der Waals surface area contributed by atoms with E-state index in [0.717, 1.165) is 5.56 Å². The van der Waals surface area contributed by atoms with E-state index in [2.05, 4.69) is 10.6 Å². The van der Waals surface area contributed by atoms with Gasteiger partial charge in [0.25, 0.3) is 5.91 Å². The summed E-state index contributed by atoms with van der Waals surface area (Å²) < 4.78 is 0. The highest BCUT2D eigenvalue weighted by Crippen LogP contribution is 2.20. The van der Waals surface area contributed by atoms with Crippen LogP contribution in [0.1, 0.15) is 15.9 Å². The fourth-order valence-corrected chi connectivity index (χ4v) is 2.75. The van der Waals surface area contributed by atoms with Crippen LogP contribution in [0.5, 0.6) is 0 Å². The van der Waals surface area contributed by atoms with Gasteiger partial charge in [-0.05, 0) is 48.1 Å². The lowest BCUT2D eigenvalue weighted by Gasteiger charge is -2.12. The minimum absolute atomic E-state index is 0.0216. The van der Waals surface area contributed by atoms with Crippen molar-refractivity contribution in [1.29, 1.82) is 0 Å². The van der Waals surface area contributed by atoms with E-state index in [1.807, 2.05) is 12.1 Å². The molecule has 0 aliphatic heterocycles. The van der Waals surface area contributed by atoms with E-state index in [9.17, 15) is 9.59 Å². The maximum Gasteiger partial charge on any atom is 0.258 e. The van der Waals surface area contributed by atoms with Gasteiger partial charge in [0.15, 0.2) is 5.11 Å². The van der Waals surface area contributed by atoms with E-state index in [1.54, 1.807) is 37.2 Å². The number of nitrogens with zero attached hydrogens (tertiary/aromatic N) is 1. The molecule has 0 saturated carbocycles. The van der Waals surface area contributed by atoms with E-state index in [4.69, 9.17) is 35.4 Å². The molecule has 0 radical (unpaired) electrons. The van der Waals surface area contributed by atoms with Crippen molar-refractivity contribution in [3.63, 3.8) is 0 Å². The molecule has 0 spiro atoms. The summed E-state index contributed by atoms with van der Waals surface area (Å²) in [6.07, 6.45) is 0.323. The Hall–Kier alpha value is -2.15. The number of carbonyl (C=O) groups excluding carboxylic acids is 2. The molecule has 2 amide bonds. The lowest BCUT2D eigenvalue weighted by molar-refractivity contribution is -0.127. The maximum atomic E-state index is 12.2. The first kappa shape index (κ1) is 20.2. The summed E-state index contributed by atoms with van der Waals surface area (Å²) in [4.78, 5) is 25.5. The van der Waals surface area contributed by atoms with Gasteiger partial charge in [0, 0.05) is 24.8 Å². The second-order valence-corrected chi connectivity index (χ2v) is 6.95. The van der Waals surface area contributed by atoms with Gasteiger partial charge in [0.1, 0.15) is 0 Å². The first-order valence-corrected chi connectivity index (χ1v) is 8.79. The summed E-state index contributed by atoms with van der Waals surface area (Å²) in [5, 5.41) is 6.30. The highest BCUT2D eigenvalue weighted by molar-refractivity contribution is 7.80. The predicted molar refractivity (Wildman–Crippen MR) is 109 cm³/mol. The monoisotopic (exact) mass is 409 g/mol. The third-order valence-corrected chi connectivity index (χ3v) is 4.22. The minimum atomic E-state index is -0.433. The molecule has 0 saturated heterocycles. The van der Waals surface area contributed by atoms with Crippen LogP contribution in [0.3, 0.4) is 0 Å². The molecule has 0 unspecified atom stereocenters. The predicted octanol–water partition coefficient (Wildman–Crippen LogP) is 3.75. The van der Waals surface area contributed by atoms with Crippen molar-refractivity contribution in [2.45, 2.75) is 6.42 Å². The fourth-order valence-electron chi connectivity index (χ4n) is 2.05. The zero-order valence-corrected chi connectivity index (χ0v) is 16.5. The minimum Gasteiger partial charge on any atom is -0.349 e. The maximum absolute atomic E-state index is 12.2. The van der Waals surface area contributed by atoms with Gasteiger partial charge in [0.2, 0.25) is 5.91 Å². The largest absolute Gasteiger partial charge is 0.349 e. The number of amides is 2. The molecule has 8 heteroatoms. The van der Waals surface area contributed by atoms with Gasteiger partial charge in [-0.15, -0.1) is 0 Å². The smallest absolute Gasteiger partial charge is 0.258 e. The molecule has 2 rings (SSSR count). The first-order chi connectivity index (χ1) is 12.3. The Morgan fingerprint density at radius 3 is 2.31 bits per heavy atom. The summed E-state index contributed by atoms with van der Waals surface area (Å²) in [7, 11) is 3.43. The van der Waals surface area contributed by atoms with Crippen molar-refractivity contribution in [3.8, 4) is 0 Å². The topological polar surface area (TPSA) is 61.4 Å². The average Bonchev–Trinajstić information content (AvgIpc) is 2.56. The number of hydrogen-bond donors (Lipinski definition) is 2. The molecule has 2 aromatic carbocycles. The highest BCUT2D eigenvalue weighted by atomic mass is 35.5. The normalized spacial score (nSPS) is 10.2. The van der Waals surface area contributed by atoms with Gasteiger partial charge in [0.05, 0.1) is 17.0 Å². The Labute approximate surface area is 167 Å². The zero-order chi connectivity index (χ0) is 19.3. The number of nitrogens with one attached hydrogen (secondary N) is 2. The SMILES string of the molecule is CN(C)C(=O)Cc1ccc(NC(=S)NC(=O)c2ccc(Cl)cc2Cl)cc1. The standard InChI is InChI=1S/C18H17Cl2N3O2S/c1-23(2)16(24)9-11-3-6-13(7-4-11)21-18(26)22-17(25)14-8-5-12(19)10-15(14)20/h3-8,10H,9H2,1-2H3,(H2,21,22,25,26). The number of halogens is 2. The third kappa shape index (κ3) is 5.69. The molecule has 0 aliphatic rings. The van der Waals surface area contributed by atoms with Crippen LogP contribution in [0.25, 0.3) is 0 Å². The molecule has 2 N–H and O–H groups in total. The molecular weight excluding hydrogens is 393 g/mol. The van der Waals surface area contributed by atoms with Crippen LogP contribution in [-0.2, 0) is 11.2 Å². The zero-order valence-electron chi connectivity index (χ0n) is 14.2. The van der Waals surface area contributed by atoms with Crippen LogP contribution in [0.4, 0.5) is 5.69 Å². The van der Waals surface area contributed by atoms with Crippen LogP contribution in [-0.4, -0.2) is 35.9 Å². The molecular formula is C18H17Cl2N3O2S. The van der Waals surface area contributed by atoms with Crippen LogP contribution < -0.4 is 10.6 Å². The Morgan fingerprint density at radius 2 is 1.73 bits per heavy atom. The van der Waals surface area contributed by atoms with Gasteiger partial charge in [-0.3, -0.25) is 14.9 Å². The molecule has 0 heterocycles. The Morgan fingerprint density at radius 1 is 1.08 bits per heavy atom. The van der Waals surface area contributed by atoms with Gasteiger partial charge in [-0.25, -0.2) is 0 Å². The molecule has 0 bridgehead atoms. The summed E-state index contributed by atoms with van der Waals surface area (Å²) in [6, 6.07) is 11.8. The average molecular weight is 410 g/mol. The van der Waals surface area contributed by atoms with Crippen LogP contribution in [0, 0.1) is 0 Å². The molecule has 5 nitrogen and oxygen atoms in total. The Kier molecular flexibility index (Phi) is 6.97. The van der Waals surface area contributed by atoms with Crippen molar-refractivity contribution >= 4 is 58.0 Å². The van der Waals surface area contributed by atoms with Gasteiger partial charge in [-0.2, -0.15) is 0 Å². The van der Waals surface area contributed by atoms with E-state index < -0.39 is 5.91 Å². The summed E-state index contributed by atoms with van der Waals surface area (Å²) >= 11 is 17.0. The number of benzene rings is 2. The second kappa shape index (κ2) is 8.98. The van der Waals surface area contributed by atoms with Crippen LogP contribution in [0.15, 0.2) is 42.5 Å². The summed E-state index contributed by atoms with van der Waals surface area (Å²) in [5.41, 5.74) is 1.86. The number of likely N-dealkylation sites (N-methyl/N-ethyl adjacent to an activating group) is 1. The molecule has 2 aromatic rings. The summed E-state index contributed by atoms with van der Waals surface area (Å²) in [5.74, 6) is -0.411. The Bertz CT molecular complexity index is 839. The quantitative estimate of drug-likeness (QED) is 0.754. The lowest BCUT2D eigenvalue weighted by atomic mass is 10.1. The third-order valence-electron chi connectivity index (χ3n) is 3.47. The summed E-state index contributed by atoms with van der Waals surface area (Å²) in [6.45, 7) is 0. The van der Waals surface area contributed by atoms with Gasteiger partial charge in [-0.1, -0.05) is 35.3 Å². The number of anilines is 1. The first-order valence-electron chi connectivity index (χ1n) is 7.62. The second-order valence-electron chi connectivity index (χ2n) is 5.69. The number of rotatable bonds is 4. The molecule has 0 aliphatic carbocycles. The molecule has 0 aromatic heterocycles. The molecule has 0 atom stereocenters. The molecule has 0 fully saturated rings. The van der Waals surface area contributed by atoms with E-state index in [-0.39, 0.29) is 21.6 Å². The van der Waals surface area contributed by atoms with Crippen LogP contribution >= 0.6 is 35.4 Å². The lowest BCUT2D eigenvalue weighted by Crippen LogP contribution is -2.34. The molecule has 136 valence electrons. The molecule has 26 heavy (non-hydrogen) atoms. The van der Waals surface area contributed by atoms with E-state index >= 15 is 0 Å². The Balaban J connectivity index is 1.95. The van der Waals surface area contributed by atoms with Crippen molar-refractivity contribution in [2.24, 2.45) is 0 Å². The number of hydrogen-bond acceptors (Lipinski definition) is 3. The van der Waals surface area contributed by atoms with Crippen molar-refractivity contribution in [2.75, 3.05) is 19.4 Å². The highest BCUT2D eigenvalue weighted by Gasteiger charge is 2.12. The van der Waals surface area contributed by atoms with Crippen molar-refractivity contribution in [3.05, 3.63) is 63.6 Å². The van der Waals surface area contributed by atoms with Gasteiger partial charge >= 0.3 is 0 Å². The number of carbonyl (C=O) groups is 2.